The molecule has 0 aromatic rings. The first-order chi connectivity index (χ1) is 7.75. The number of hydrogen-bond acceptors (Lipinski definition) is 4. The van der Waals surface area contributed by atoms with Crippen LogP contribution < -0.4 is 5.48 Å². The quantitative estimate of drug-likeness (QED) is 0.535. The second-order valence-electron chi connectivity index (χ2n) is 4.07. The molecule has 1 aliphatic rings. The molecule has 5 heteroatoms. The molecule has 1 aliphatic heterocycles. The van der Waals surface area contributed by atoms with E-state index >= 15 is 0 Å². The van der Waals surface area contributed by atoms with Crippen molar-refractivity contribution in [2.45, 2.75) is 32.2 Å². The standard InChI is InChI=1S/C11H22N2O3/c1-10(12-16-9-8-15-2)11(14)13-6-4-3-5-7-13/h10,12H,3-9H2,1-2H3. The molecule has 94 valence electrons. The summed E-state index contributed by atoms with van der Waals surface area (Å²) in [4.78, 5) is 18.9. The average molecular weight is 230 g/mol. The summed E-state index contributed by atoms with van der Waals surface area (Å²) in [5.41, 5.74) is 2.74. The Kier molecular flexibility index (Phi) is 6.37. The van der Waals surface area contributed by atoms with E-state index in [1.54, 1.807) is 7.11 Å². The molecule has 0 aromatic carbocycles. The normalized spacial score (nSPS) is 18.5. The highest BCUT2D eigenvalue weighted by Gasteiger charge is 2.21. The van der Waals surface area contributed by atoms with Crippen LogP contribution in [-0.2, 0) is 14.4 Å². The lowest BCUT2D eigenvalue weighted by Crippen LogP contribution is -2.46. The molecule has 1 saturated heterocycles. The zero-order valence-corrected chi connectivity index (χ0v) is 10.2. The number of carbonyl (C=O) groups is 1. The smallest absolute Gasteiger partial charge is 0.241 e. The molecule has 0 aromatic heterocycles. The molecular formula is C11H22N2O3. The lowest BCUT2D eigenvalue weighted by atomic mass is 10.1. The van der Waals surface area contributed by atoms with E-state index in [1.165, 1.54) is 6.42 Å². The van der Waals surface area contributed by atoms with Crippen molar-refractivity contribution in [3.8, 4) is 0 Å². The Morgan fingerprint density at radius 2 is 2.00 bits per heavy atom. The minimum Gasteiger partial charge on any atom is -0.382 e. The maximum atomic E-state index is 11.9. The third-order valence-electron chi connectivity index (χ3n) is 2.69. The number of likely N-dealkylation sites (tertiary alicyclic amines) is 1. The maximum absolute atomic E-state index is 11.9. The van der Waals surface area contributed by atoms with Gasteiger partial charge in [0.05, 0.1) is 13.2 Å². The van der Waals surface area contributed by atoms with Crippen molar-refractivity contribution < 1.29 is 14.4 Å². The Balaban J connectivity index is 2.18. The Hall–Kier alpha value is -0.650. The molecule has 1 unspecified atom stereocenters. The van der Waals surface area contributed by atoms with Crippen LogP contribution in [0.25, 0.3) is 0 Å². The van der Waals surface area contributed by atoms with Gasteiger partial charge in [-0.1, -0.05) is 0 Å². The van der Waals surface area contributed by atoms with Crippen LogP contribution in [-0.4, -0.2) is 50.3 Å². The van der Waals surface area contributed by atoms with E-state index in [1.807, 2.05) is 11.8 Å². The molecule has 1 N–H and O–H groups in total. The van der Waals surface area contributed by atoms with Gasteiger partial charge in [0.25, 0.3) is 0 Å². The zero-order valence-electron chi connectivity index (χ0n) is 10.2. The van der Waals surface area contributed by atoms with Gasteiger partial charge >= 0.3 is 0 Å². The lowest BCUT2D eigenvalue weighted by Gasteiger charge is -2.29. The van der Waals surface area contributed by atoms with Crippen LogP contribution in [0.2, 0.25) is 0 Å². The van der Waals surface area contributed by atoms with E-state index in [0.717, 1.165) is 25.9 Å². The predicted molar refractivity (Wildman–Crippen MR) is 60.9 cm³/mol. The van der Waals surface area contributed by atoms with E-state index in [0.29, 0.717) is 13.2 Å². The third-order valence-corrected chi connectivity index (χ3v) is 2.69. The van der Waals surface area contributed by atoms with E-state index in [2.05, 4.69) is 5.48 Å². The molecule has 1 amide bonds. The van der Waals surface area contributed by atoms with Crippen molar-refractivity contribution in [2.24, 2.45) is 0 Å². The number of nitrogens with one attached hydrogen (secondary N) is 1. The Morgan fingerprint density at radius 1 is 1.31 bits per heavy atom. The minimum absolute atomic E-state index is 0.122. The molecule has 0 aliphatic carbocycles. The number of hydroxylamine groups is 1. The van der Waals surface area contributed by atoms with Crippen LogP contribution in [0, 0.1) is 0 Å². The van der Waals surface area contributed by atoms with Crippen molar-refractivity contribution >= 4 is 5.91 Å². The minimum atomic E-state index is -0.282. The van der Waals surface area contributed by atoms with Crippen LogP contribution >= 0.6 is 0 Å². The zero-order chi connectivity index (χ0) is 11.8. The van der Waals surface area contributed by atoms with Crippen LogP contribution in [0.4, 0.5) is 0 Å². The van der Waals surface area contributed by atoms with Crippen molar-refractivity contribution in [3.05, 3.63) is 0 Å². The molecule has 1 heterocycles. The van der Waals surface area contributed by atoms with Gasteiger partial charge in [-0.2, -0.15) is 5.48 Å². The number of nitrogens with zero attached hydrogens (tertiary/aromatic N) is 1. The highest BCUT2D eigenvalue weighted by Crippen LogP contribution is 2.09. The third kappa shape index (κ3) is 4.47. The number of amides is 1. The number of piperidine rings is 1. The fourth-order valence-corrected chi connectivity index (χ4v) is 1.75. The van der Waals surface area contributed by atoms with Gasteiger partial charge in [0.2, 0.25) is 5.91 Å². The van der Waals surface area contributed by atoms with Gasteiger partial charge in [0, 0.05) is 20.2 Å². The molecule has 0 saturated carbocycles. The van der Waals surface area contributed by atoms with Gasteiger partial charge < -0.3 is 9.64 Å². The van der Waals surface area contributed by atoms with Crippen molar-refractivity contribution in [1.82, 2.24) is 10.4 Å². The summed E-state index contributed by atoms with van der Waals surface area (Å²) in [5, 5.41) is 0. The molecule has 0 bridgehead atoms. The van der Waals surface area contributed by atoms with E-state index in [-0.39, 0.29) is 11.9 Å². The summed E-state index contributed by atoms with van der Waals surface area (Å²) in [6.45, 7) is 4.56. The molecular weight excluding hydrogens is 208 g/mol. The topological polar surface area (TPSA) is 50.8 Å². The van der Waals surface area contributed by atoms with Gasteiger partial charge in [-0.05, 0) is 26.2 Å². The summed E-state index contributed by atoms with van der Waals surface area (Å²) in [6.07, 6.45) is 3.46. The second-order valence-corrected chi connectivity index (χ2v) is 4.07. The monoisotopic (exact) mass is 230 g/mol. The lowest BCUT2D eigenvalue weighted by molar-refractivity contribution is -0.138. The summed E-state index contributed by atoms with van der Waals surface area (Å²) < 4.78 is 4.84. The number of rotatable bonds is 6. The van der Waals surface area contributed by atoms with E-state index in [9.17, 15) is 4.79 Å². The van der Waals surface area contributed by atoms with Gasteiger partial charge in [-0.3, -0.25) is 9.63 Å². The number of hydrogen-bond donors (Lipinski definition) is 1. The van der Waals surface area contributed by atoms with Crippen LogP contribution in [0.1, 0.15) is 26.2 Å². The first kappa shape index (κ1) is 13.4. The molecule has 0 spiro atoms. The Morgan fingerprint density at radius 3 is 2.62 bits per heavy atom. The van der Waals surface area contributed by atoms with Crippen LogP contribution in [0.15, 0.2) is 0 Å². The molecule has 1 fully saturated rings. The molecule has 1 atom stereocenters. The largest absolute Gasteiger partial charge is 0.382 e. The van der Waals surface area contributed by atoms with Gasteiger partial charge in [-0.25, -0.2) is 0 Å². The Bertz CT molecular complexity index is 205. The average Bonchev–Trinajstić information content (AvgIpc) is 2.34. The fraction of sp³-hybridized carbons (Fsp3) is 0.909. The Labute approximate surface area is 97.0 Å². The molecule has 5 nitrogen and oxygen atoms in total. The van der Waals surface area contributed by atoms with Crippen LogP contribution in [0.5, 0.6) is 0 Å². The predicted octanol–water partition coefficient (Wildman–Crippen LogP) is 0.555. The number of ether oxygens (including phenoxy) is 1. The highest BCUT2D eigenvalue weighted by atomic mass is 16.7. The van der Waals surface area contributed by atoms with Gasteiger partial charge in [0.1, 0.15) is 6.04 Å². The summed E-state index contributed by atoms with van der Waals surface area (Å²) >= 11 is 0. The highest BCUT2D eigenvalue weighted by molar-refractivity contribution is 5.81. The van der Waals surface area contributed by atoms with Crippen molar-refractivity contribution in [2.75, 3.05) is 33.4 Å². The van der Waals surface area contributed by atoms with Crippen molar-refractivity contribution in [1.29, 1.82) is 0 Å². The first-order valence-electron chi connectivity index (χ1n) is 5.90. The fourth-order valence-electron chi connectivity index (χ4n) is 1.75. The van der Waals surface area contributed by atoms with E-state index < -0.39 is 0 Å². The number of methoxy groups -OCH3 is 1. The van der Waals surface area contributed by atoms with Crippen molar-refractivity contribution in [3.63, 3.8) is 0 Å². The van der Waals surface area contributed by atoms with E-state index in [4.69, 9.17) is 9.57 Å². The number of carbonyl (C=O) groups excluding carboxylic acids is 1. The van der Waals surface area contributed by atoms with Gasteiger partial charge in [0.15, 0.2) is 0 Å². The maximum Gasteiger partial charge on any atom is 0.241 e. The summed E-state index contributed by atoms with van der Waals surface area (Å²) in [5.74, 6) is 0.122. The molecule has 16 heavy (non-hydrogen) atoms. The summed E-state index contributed by atoms with van der Waals surface area (Å²) in [7, 11) is 1.62. The van der Waals surface area contributed by atoms with Gasteiger partial charge in [-0.15, -0.1) is 0 Å². The van der Waals surface area contributed by atoms with Crippen LogP contribution in [0.3, 0.4) is 0 Å². The second kappa shape index (κ2) is 7.60. The SMILES string of the molecule is COCCONC(C)C(=O)N1CCCCC1. The molecule has 1 rings (SSSR count). The molecule has 0 radical (unpaired) electrons. The summed E-state index contributed by atoms with van der Waals surface area (Å²) in [6, 6.07) is -0.282. The first-order valence-corrected chi connectivity index (χ1v) is 5.90.